The second-order valence-electron chi connectivity index (χ2n) is 6.92. The van der Waals surface area contributed by atoms with Gasteiger partial charge in [0, 0.05) is 38.6 Å². The standard InChI is InChI=1S/C19H28N6O/c1-3-18-15-23(11-7-12-25-16(2)20-21-22-25)13-10-19(26)24(18)14-17-8-5-4-6-9-17/h4-6,8-9,18H,3,7,10-15H2,1-2H3/t18-/m1/s1. The van der Waals surface area contributed by atoms with Crippen LogP contribution in [0.25, 0.3) is 0 Å². The number of aryl methyl sites for hydroxylation is 2. The highest BCUT2D eigenvalue weighted by atomic mass is 16.2. The van der Waals surface area contributed by atoms with Crippen molar-refractivity contribution in [2.45, 2.75) is 52.2 Å². The maximum absolute atomic E-state index is 12.7. The Morgan fingerprint density at radius 1 is 1.19 bits per heavy atom. The van der Waals surface area contributed by atoms with E-state index in [0.29, 0.717) is 13.0 Å². The molecule has 2 aromatic rings. The van der Waals surface area contributed by atoms with E-state index in [1.807, 2.05) is 29.8 Å². The van der Waals surface area contributed by atoms with Gasteiger partial charge in [0.15, 0.2) is 0 Å². The van der Waals surface area contributed by atoms with Crippen LogP contribution >= 0.6 is 0 Å². The summed E-state index contributed by atoms with van der Waals surface area (Å²) in [6.07, 6.45) is 2.55. The molecular formula is C19H28N6O. The van der Waals surface area contributed by atoms with Crippen molar-refractivity contribution in [3.05, 3.63) is 41.7 Å². The Morgan fingerprint density at radius 2 is 2.00 bits per heavy atom. The second-order valence-corrected chi connectivity index (χ2v) is 6.92. The lowest BCUT2D eigenvalue weighted by Gasteiger charge is -2.31. The predicted molar refractivity (Wildman–Crippen MR) is 99.3 cm³/mol. The van der Waals surface area contributed by atoms with E-state index in [1.165, 1.54) is 5.56 Å². The van der Waals surface area contributed by atoms with Gasteiger partial charge in [0.2, 0.25) is 5.91 Å². The lowest BCUT2D eigenvalue weighted by Crippen LogP contribution is -2.42. The summed E-state index contributed by atoms with van der Waals surface area (Å²) >= 11 is 0. The number of hydrogen-bond acceptors (Lipinski definition) is 5. The number of aromatic nitrogens is 4. The number of carbonyl (C=O) groups is 1. The van der Waals surface area contributed by atoms with Gasteiger partial charge in [-0.05, 0) is 42.3 Å². The molecule has 7 nitrogen and oxygen atoms in total. The van der Waals surface area contributed by atoms with Gasteiger partial charge < -0.3 is 9.80 Å². The van der Waals surface area contributed by atoms with Crippen LogP contribution < -0.4 is 0 Å². The fraction of sp³-hybridized carbons (Fsp3) is 0.579. The summed E-state index contributed by atoms with van der Waals surface area (Å²) < 4.78 is 1.84. The van der Waals surface area contributed by atoms with Crippen LogP contribution in [0.5, 0.6) is 0 Å². The number of benzene rings is 1. The number of hydrogen-bond donors (Lipinski definition) is 0. The van der Waals surface area contributed by atoms with Gasteiger partial charge in [-0.15, -0.1) is 5.10 Å². The van der Waals surface area contributed by atoms with Crippen molar-refractivity contribution in [1.82, 2.24) is 30.0 Å². The molecule has 1 aromatic heterocycles. The summed E-state index contributed by atoms with van der Waals surface area (Å²) in [5.74, 6) is 1.11. The van der Waals surface area contributed by atoms with Crippen LogP contribution in [0.1, 0.15) is 37.6 Å². The Hall–Kier alpha value is -2.28. The minimum atomic E-state index is 0.263. The summed E-state index contributed by atoms with van der Waals surface area (Å²) in [6.45, 7) is 8.33. The molecule has 1 amide bonds. The van der Waals surface area contributed by atoms with Crippen molar-refractivity contribution in [1.29, 1.82) is 0 Å². The Kier molecular flexibility index (Phi) is 6.33. The Bertz CT molecular complexity index is 701. The predicted octanol–water partition coefficient (Wildman–Crippen LogP) is 1.88. The first-order chi connectivity index (χ1) is 12.7. The zero-order valence-corrected chi connectivity index (χ0v) is 15.7. The van der Waals surface area contributed by atoms with E-state index >= 15 is 0 Å². The molecule has 0 radical (unpaired) electrons. The van der Waals surface area contributed by atoms with Crippen molar-refractivity contribution >= 4 is 5.91 Å². The third kappa shape index (κ3) is 4.66. The topological polar surface area (TPSA) is 67.2 Å². The first kappa shape index (κ1) is 18.5. The van der Waals surface area contributed by atoms with Crippen molar-refractivity contribution in [2.75, 3.05) is 19.6 Å². The maximum atomic E-state index is 12.7. The molecule has 1 saturated heterocycles. The van der Waals surface area contributed by atoms with Crippen LogP contribution in [0.2, 0.25) is 0 Å². The highest BCUT2D eigenvalue weighted by Crippen LogP contribution is 2.18. The van der Waals surface area contributed by atoms with E-state index < -0.39 is 0 Å². The van der Waals surface area contributed by atoms with Gasteiger partial charge in [0.05, 0.1) is 0 Å². The number of carbonyl (C=O) groups excluding carboxylic acids is 1. The van der Waals surface area contributed by atoms with Crippen molar-refractivity contribution in [3.8, 4) is 0 Å². The molecule has 0 N–H and O–H groups in total. The van der Waals surface area contributed by atoms with Gasteiger partial charge in [-0.1, -0.05) is 37.3 Å². The molecule has 2 heterocycles. The molecule has 26 heavy (non-hydrogen) atoms. The third-order valence-corrected chi connectivity index (χ3v) is 5.09. The van der Waals surface area contributed by atoms with Crippen LogP contribution in [-0.4, -0.2) is 61.6 Å². The third-order valence-electron chi connectivity index (χ3n) is 5.09. The second kappa shape index (κ2) is 8.89. The van der Waals surface area contributed by atoms with Gasteiger partial charge in [0.25, 0.3) is 0 Å². The highest BCUT2D eigenvalue weighted by Gasteiger charge is 2.28. The van der Waals surface area contributed by atoms with Gasteiger partial charge >= 0.3 is 0 Å². The summed E-state index contributed by atoms with van der Waals surface area (Å²) in [5, 5.41) is 11.6. The van der Waals surface area contributed by atoms with E-state index in [4.69, 9.17) is 0 Å². The van der Waals surface area contributed by atoms with Crippen molar-refractivity contribution in [2.24, 2.45) is 0 Å². The summed E-state index contributed by atoms with van der Waals surface area (Å²) in [5.41, 5.74) is 1.20. The molecule has 0 spiro atoms. The van der Waals surface area contributed by atoms with Crippen LogP contribution in [0.4, 0.5) is 0 Å². The summed E-state index contributed by atoms with van der Waals surface area (Å²) in [4.78, 5) is 17.2. The molecule has 0 aliphatic carbocycles. The molecular weight excluding hydrogens is 328 g/mol. The molecule has 140 valence electrons. The van der Waals surface area contributed by atoms with Crippen LogP contribution in [0.3, 0.4) is 0 Å². The quantitative estimate of drug-likeness (QED) is 0.758. The average Bonchev–Trinajstić information content (AvgIpc) is 3.00. The van der Waals surface area contributed by atoms with Crippen molar-refractivity contribution in [3.63, 3.8) is 0 Å². The Balaban J connectivity index is 1.58. The molecule has 1 atom stereocenters. The number of nitrogens with zero attached hydrogens (tertiary/aromatic N) is 6. The zero-order valence-electron chi connectivity index (χ0n) is 15.7. The van der Waals surface area contributed by atoms with Crippen LogP contribution in [0, 0.1) is 6.92 Å². The first-order valence-electron chi connectivity index (χ1n) is 9.46. The smallest absolute Gasteiger partial charge is 0.224 e. The van der Waals surface area contributed by atoms with E-state index in [9.17, 15) is 4.79 Å². The molecule has 0 unspecified atom stereocenters. The number of amides is 1. The molecule has 1 aliphatic heterocycles. The fourth-order valence-electron chi connectivity index (χ4n) is 3.54. The zero-order chi connectivity index (χ0) is 18.4. The van der Waals surface area contributed by atoms with Gasteiger partial charge in [0.1, 0.15) is 5.82 Å². The van der Waals surface area contributed by atoms with E-state index in [2.05, 4.69) is 44.4 Å². The van der Waals surface area contributed by atoms with Gasteiger partial charge in [-0.25, -0.2) is 4.68 Å². The molecule has 0 saturated carbocycles. The normalized spacial score (nSPS) is 18.9. The van der Waals surface area contributed by atoms with Crippen LogP contribution in [0.15, 0.2) is 30.3 Å². The largest absolute Gasteiger partial charge is 0.334 e. The molecule has 7 heteroatoms. The summed E-state index contributed by atoms with van der Waals surface area (Å²) in [6, 6.07) is 10.5. The molecule has 1 fully saturated rings. The lowest BCUT2D eigenvalue weighted by atomic mass is 10.1. The molecule has 3 rings (SSSR count). The SMILES string of the molecule is CC[C@@H]1CN(CCCn2nnnc2C)CCC(=O)N1Cc1ccccc1. The van der Waals surface area contributed by atoms with E-state index in [1.54, 1.807) is 0 Å². The van der Waals surface area contributed by atoms with Crippen LogP contribution in [-0.2, 0) is 17.9 Å². The maximum Gasteiger partial charge on any atom is 0.224 e. The van der Waals surface area contributed by atoms with E-state index in [0.717, 1.165) is 44.8 Å². The minimum absolute atomic E-state index is 0.263. The Labute approximate surface area is 155 Å². The minimum Gasteiger partial charge on any atom is -0.334 e. The number of tetrazole rings is 1. The highest BCUT2D eigenvalue weighted by molar-refractivity contribution is 5.77. The average molecular weight is 356 g/mol. The molecule has 1 aromatic carbocycles. The number of rotatable bonds is 7. The van der Waals surface area contributed by atoms with E-state index in [-0.39, 0.29) is 11.9 Å². The first-order valence-corrected chi connectivity index (χ1v) is 9.46. The van der Waals surface area contributed by atoms with Gasteiger partial charge in [-0.2, -0.15) is 0 Å². The summed E-state index contributed by atoms with van der Waals surface area (Å²) in [7, 11) is 0. The van der Waals surface area contributed by atoms with Gasteiger partial charge in [-0.3, -0.25) is 4.79 Å². The Morgan fingerprint density at radius 3 is 2.69 bits per heavy atom. The molecule has 1 aliphatic rings. The monoisotopic (exact) mass is 356 g/mol. The lowest BCUT2D eigenvalue weighted by molar-refractivity contribution is -0.133. The fourth-order valence-corrected chi connectivity index (χ4v) is 3.54. The molecule has 0 bridgehead atoms. The van der Waals surface area contributed by atoms with Crippen molar-refractivity contribution < 1.29 is 4.79 Å².